The Labute approximate surface area is 130 Å². The molecule has 1 aromatic carbocycles. The Morgan fingerprint density at radius 2 is 1.82 bits per heavy atom. The molecule has 6 heteroatoms. The molecule has 0 aromatic heterocycles. The number of aliphatic hydroxyl groups is 2. The van der Waals surface area contributed by atoms with Gasteiger partial charge >= 0.3 is 6.09 Å². The van der Waals surface area contributed by atoms with E-state index in [4.69, 9.17) is 4.74 Å². The van der Waals surface area contributed by atoms with E-state index in [1.807, 2.05) is 0 Å². The molecule has 0 aliphatic carbocycles. The Morgan fingerprint density at radius 1 is 1.23 bits per heavy atom. The second kappa shape index (κ2) is 7.38. The van der Waals surface area contributed by atoms with Crippen molar-refractivity contribution in [3.8, 4) is 0 Å². The first-order chi connectivity index (χ1) is 10.1. The lowest BCUT2D eigenvalue weighted by Gasteiger charge is -2.23. The standard InChI is InChI=1S/C16H23NO5/c1-10(18)11-7-5-6-8-12(11)14(20)13(19)9-17-15(21)22-16(2,3)4/h5-8,13-14,19-20H,9H2,1-4H3,(H,17,21). The van der Waals surface area contributed by atoms with Crippen LogP contribution in [0, 0.1) is 0 Å². The Bertz CT molecular complexity index is 536. The van der Waals surface area contributed by atoms with E-state index in [1.54, 1.807) is 45.0 Å². The maximum atomic E-state index is 11.5. The van der Waals surface area contributed by atoms with E-state index in [1.165, 1.54) is 6.92 Å². The maximum Gasteiger partial charge on any atom is 0.407 e. The summed E-state index contributed by atoms with van der Waals surface area (Å²) in [7, 11) is 0. The number of rotatable bonds is 5. The summed E-state index contributed by atoms with van der Waals surface area (Å²) in [6.07, 6.45) is -3.22. The molecule has 0 aliphatic rings. The second-order valence-corrected chi connectivity index (χ2v) is 6.04. The minimum Gasteiger partial charge on any atom is -0.444 e. The molecular formula is C16H23NO5. The van der Waals surface area contributed by atoms with E-state index in [0.29, 0.717) is 11.1 Å². The largest absolute Gasteiger partial charge is 0.444 e. The van der Waals surface area contributed by atoms with Crippen molar-refractivity contribution in [2.45, 2.75) is 45.5 Å². The highest BCUT2D eigenvalue weighted by Crippen LogP contribution is 2.21. The van der Waals surface area contributed by atoms with Crippen molar-refractivity contribution in [2.24, 2.45) is 0 Å². The number of carbonyl (C=O) groups excluding carboxylic acids is 2. The monoisotopic (exact) mass is 309 g/mol. The van der Waals surface area contributed by atoms with Gasteiger partial charge in [-0.2, -0.15) is 0 Å². The van der Waals surface area contributed by atoms with Gasteiger partial charge in [0, 0.05) is 12.1 Å². The van der Waals surface area contributed by atoms with Crippen LogP contribution in [-0.4, -0.2) is 40.3 Å². The molecule has 6 nitrogen and oxygen atoms in total. The average Bonchev–Trinajstić information content (AvgIpc) is 2.42. The summed E-state index contributed by atoms with van der Waals surface area (Å²) in [6.45, 7) is 6.36. The van der Waals surface area contributed by atoms with Gasteiger partial charge in [0.25, 0.3) is 0 Å². The molecule has 0 fully saturated rings. The molecule has 0 saturated heterocycles. The van der Waals surface area contributed by atoms with Crippen molar-refractivity contribution in [2.75, 3.05) is 6.54 Å². The summed E-state index contributed by atoms with van der Waals surface area (Å²) in [5.74, 6) is -0.207. The highest BCUT2D eigenvalue weighted by Gasteiger charge is 2.24. The van der Waals surface area contributed by atoms with Crippen molar-refractivity contribution in [1.29, 1.82) is 0 Å². The molecule has 2 unspecified atom stereocenters. The second-order valence-electron chi connectivity index (χ2n) is 6.04. The minimum atomic E-state index is -1.28. The molecule has 1 aromatic rings. The third kappa shape index (κ3) is 5.46. The van der Waals surface area contributed by atoms with Crippen LogP contribution >= 0.6 is 0 Å². The van der Waals surface area contributed by atoms with Gasteiger partial charge in [0.2, 0.25) is 0 Å². The maximum absolute atomic E-state index is 11.5. The molecule has 0 saturated carbocycles. The van der Waals surface area contributed by atoms with Crippen LogP contribution in [0.1, 0.15) is 49.7 Å². The van der Waals surface area contributed by atoms with E-state index >= 15 is 0 Å². The molecule has 1 amide bonds. The molecular weight excluding hydrogens is 286 g/mol. The minimum absolute atomic E-state index is 0.192. The number of Topliss-reactive ketones (excluding diaryl/α,β-unsaturated/α-hetero) is 1. The predicted molar refractivity (Wildman–Crippen MR) is 81.6 cm³/mol. The van der Waals surface area contributed by atoms with Crippen molar-refractivity contribution in [3.05, 3.63) is 35.4 Å². The van der Waals surface area contributed by atoms with Gasteiger partial charge in [0.15, 0.2) is 5.78 Å². The summed E-state index contributed by atoms with van der Waals surface area (Å²) in [5.41, 5.74) is 0.0225. The van der Waals surface area contributed by atoms with Gasteiger partial charge in [-0.15, -0.1) is 0 Å². The first-order valence-electron chi connectivity index (χ1n) is 7.04. The van der Waals surface area contributed by atoms with Gasteiger partial charge in [0.05, 0.1) is 0 Å². The molecule has 0 heterocycles. The summed E-state index contributed by atoms with van der Waals surface area (Å²) >= 11 is 0. The molecule has 0 spiro atoms. The first-order valence-corrected chi connectivity index (χ1v) is 7.04. The summed E-state index contributed by atoms with van der Waals surface area (Å²) in [6, 6.07) is 6.49. The number of ether oxygens (including phenoxy) is 1. The normalized spacial score (nSPS) is 14.1. The number of amides is 1. The van der Waals surface area contributed by atoms with Crippen LogP contribution in [0.5, 0.6) is 0 Å². The fourth-order valence-corrected chi connectivity index (χ4v) is 1.90. The van der Waals surface area contributed by atoms with Crippen molar-refractivity contribution in [1.82, 2.24) is 5.32 Å². The number of carbonyl (C=O) groups is 2. The van der Waals surface area contributed by atoms with Gasteiger partial charge < -0.3 is 20.3 Å². The van der Waals surface area contributed by atoms with Crippen molar-refractivity contribution < 1.29 is 24.5 Å². The number of aliphatic hydroxyl groups excluding tert-OH is 2. The fraction of sp³-hybridized carbons (Fsp3) is 0.500. The number of benzene rings is 1. The number of alkyl carbamates (subject to hydrolysis) is 1. The first kappa shape index (κ1) is 18.1. The van der Waals surface area contributed by atoms with E-state index in [9.17, 15) is 19.8 Å². The topological polar surface area (TPSA) is 95.9 Å². The van der Waals surface area contributed by atoms with Crippen LogP contribution in [0.15, 0.2) is 24.3 Å². The molecule has 2 atom stereocenters. The molecule has 122 valence electrons. The van der Waals surface area contributed by atoms with Crippen LogP contribution in [-0.2, 0) is 4.74 Å². The lowest BCUT2D eigenvalue weighted by molar-refractivity contribution is 0.0125. The van der Waals surface area contributed by atoms with Gasteiger partial charge in [-0.3, -0.25) is 4.79 Å². The summed E-state index contributed by atoms with van der Waals surface area (Å²) in [5, 5.41) is 22.5. The van der Waals surface area contributed by atoms with Gasteiger partial charge in [0.1, 0.15) is 17.8 Å². The van der Waals surface area contributed by atoms with E-state index in [2.05, 4.69) is 5.32 Å². The van der Waals surface area contributed by atoms with E-state index in [-0.39, 0.29) is 12.3 Å². The lowest BCUT2D eigenvalue weighted by atomic mass is 9.96. The van der Waals surface area contributed by atoms with Crippen LogP contribution in [0.2, 0.25) is 0 Å². The van der Waals surface area contributed by atoms with E-state index < -0.39 is 23.9 Å². The highest BCUT2D eigenvalue weighted by molar-refractivity contribution is 5.95. The summed E-state index contributed by atoms with van der Waals surface area (Å²) in [4.78, 5) is 23.1. The zero-order chi connectivity index (χ0) is 16.9. The highest BCUT2D eigenvalue weighted by atomic mass is 16.6. The Morgan fingerprint density at radius 3 is 2.36 bits per heavy atom. The van der Waals surface area contributed by atoms with Crippen LogP contribution < -0.4 is 5.32 Å². The van der Waals surface area contributed by atoms with Crippen LogP contribution in [0.4, 0.5) is 4.79 Å². The van der Waals surface area contributed by atoms with Gasteiger partial charge in [-0.1, -0.05) is 24.3 Å². The van der Waals surface area contributed by atoms with Gasteiger partial charge in [-0.25, -0.2) is 4.79 Å². The lowest BCUT2D eigenvalue weighted by Crippen LogP contribution is -2.39. The number of hydrogen-bond acceptors (Lipinski definition) is 5. The molecule has 0 aliphatic heterocycles. The third-order valence-electron chi connectivity index (χ3n) is 2.88. The number of hydrogen-bond donors (Lipinski definition) is 3. The van der Waals surface area contributed by atoms with Crippen molar-refractivity contribution >= 4 is 11.9 Å². The molecule has 22 heavy (non-hydrogen) atoms. The average molecular weight is 309 g/mol. The third-order valence-corrected chi connectivity index (χ3v) is 2.88. The number of nitrogens with one attached hydrogen (secondary N) is 1. The van der Waals surface area contributed by atoms with Crippen molar-refractivity contribution in [3.63, 3.8) is 0 Å². The van der Waals surface area contributed by atoms with E-state index in [0.717, 1.165) is 0 Å². The van der Waals surface area contributed by atoms with Crippen LogP contribution in [0.3, 0.4) is 0 Å². The Kier molecular flexibility index (Phi) is 6.08. The molecule has 3 N–H and O–H groups in total. The number of ketones is 1. The van der Waals surface area contributed by atoms with Crippen LogP contribution in [0.25, 0.3) is 0 Å². The quantitative estimate of drug-likeness (QED) is 0.721. The fourth-order valence-electron chi connectivity index (χ4n) is 1.90. The molecule has 0 bridgehead atoms. The molecule has 1 rings (SSSR count). The Balaban J connectivity index is 2.68. The smallest absolute Gasteiger partial charge is 0.407 e. The zero-order valence-electron chi connectivity index (χ0n) is 13.3. The Hall–Kier alpha value is -1.92. The summed E-state index contributed by atoms with van der Waals surface area (Å²) < 4.78 is 5.04. The predicted octanol–water partition coefficient (Wildman–Crippen LogP) is 1.81. The SMILES string of the molecule is CC(=O)c1ccccc1C(O)C(O)CNC(=O)OC(C)(C)C. The molecule has 0 radical (unpaired) electrons. The van der Waals surface area contributed by atoms with Gasteiger partial charge in [-0.05, 0) is 33.3 Å². The zero-order valence-corrected chi connectivity index (χ0v) is 13.3.